The first-order valence-corrected chi connectivity index (χ1v) is 9.02. The van der Waals surface area contributed by atoms with Gasteiger partial charge >= 0.3 is 0 Å². The van der Waals surface area contributed by atoms with E-state index in [9.17, 15) is 17.2 Å². The van der Waals surface area contributed by atoms with Crippen LogP contribution in [0.4, 0.5) is 8.78 Å². The van der Waals surface area contributed by atoms with Crippen LogP contribution in [0.15, 0.2) is 26.9 Å². The molecule has 2 heterocycles. The number of aryl methyl sites for hydroxylation is 2. The SMILES string of the molecule is Cc1csc(-c2noc(C)c2-c2cc(F)c(S(N)(=O)=O)c(F)c2)n1. The molecule has 0 bridgehead atoms. The largest absolute Gasteiger partial charge is 0.360 e. The summed E-state index contributed by atoms with van der Waals surface area (Å²) in [5.74, 6) is -2.25. The van der Waals surface area contributed by atoms with E-state index in [1.165, 1.54) is 11.3 Å². The maximum atomic E-state index is 14.1. The molecule has 0 aliphatic carbocycles. The number of halogens is 2. The van der Waals surface area contributed by atoms with Crippen LogP contribution in [0, 0.1) is 25.5 Å². The average molecular weight is 371 g/mol. The lowest BCUT2D eigenvalue weighted by molar-refractivity contribution is 0.400. The topological polar surface area (TPSA) is 99.1 Å². The number of thiazole rings is 1. The monoisotopic (exact) mass is 371 g/mol. The summed E-state index contributed by atoms with van der Waals surface area (Å²) in [7, 11) is -4.52. The number of hydrogen-bond donors (Lipinski definition) is 1. The van der Waals surface area contributed by atoms with Crippen LogP contribution in [0.3, 0.4) is 0 Å². The maximum Gasteiger partial charge on any atom is 0.243 e. The molecule has 2 aromatic heterocycles. The van der Waals surface area contributed by atoms with Crippen molar-refractivity contribution in [2.75, 3.05) is 0 Å². The molecule has 0 aliphatic rings. The van der Waals surface area contributed by atoms with Gasteiger partial charge in [-0.25, -0.2) is 27.3 Å². The molecule has 126 valence electrons. The predicted octanol–water partition coefficient (Wildman–Crippen LogP) is 3.01. The highest BCUT2D eigenvalue weighted by Gasteiger charge is 2.25. The first kappa shape index (κ1) is 16.7. The number of nitrogens with two attached hydrogens (primary N) is 1. The van der Waals surface area contributed by atoms with E-state index in [-0.39, 0.29) is 5.56 Å². The quantitative estimate of drug-likeness (QED) is 0.763. The lowest BCUT2D eigenvalue weighted by Gasteiger charge is -2.06. The minimum Gasteiger partial charge on any atom is -0.360 e. The molecule has 0 saturated heterocycles. The number of sulfonamides is 1. The highest BCUT2D eigenvalue weighted by molar-refractivity contribution is 7.89. The van der Waals surface area contributed by atoms with Gasteiger partial charge in [-0.2, -0.15) is 0 Å². The molecule has 0 spiro atoms. The molecule has 3 aromatic rings. The molecule has 1 aromatic carbocycles. The molecule has 6 nitrogen and oxygen atoms in total. The van der Waals surface area contributed by atoms with Gasteiger partial charge < -0.3 is 4.52 Å². The first-order valence-electron chi connectivity index (χ1n) is 6.59. The van der Waals surface area contributed by atoms with E-state index in [0.29, 0.717) is 22.0 Å². The van der Waals surface area contributed by atoms with Crippen molar-refractivity contribution in [3.8, 4) is 21.8 Å². The Balaban J connectivity index is 2.23. The van der Waals surface area contributed by atoms with Crippen LogP contribution in [0.1, 0.15) is 11.5 Å². The number of hydrogen-bond acceptors (Lipinski definition) is 6. The number of rotatable bonds is 3. The van der Waals surface area contributed by atoms with Gasteiger partial charge in [-0.15, -0.1) is 11.3 Å². The van der Waals surface area contributed by atoms with Crippen molar-refractivity contribution in [3.63, 3.8) is 0 Å². The number of aromatic nitrogens is 2. The van der Waals surface area contributed by atoms with Crippen LogP contribution in [0.25, 0.3) is 21.8 Å². The summed E-state index contributed by atoms with van der Waals surface area (Å²) in [5.41, 5.74) is 1.51. The van der Waals surface area contributed by atoms with E-state index in [2.05, 4.69) is 10.1 Å². The van der Waals surface area contributed by atoms with Gasteiger partial charge in [0, 0.05) is 11.1 Å². The fourth-order valence-electron chi connectivity index (χ4n) is 2.30. The summed E-state index contributed by atoms with van der Waals surface area (Å²) in [5, 5.41) is 11.0. The Kier molecular flexibility index (Phi) is 3.98. The van der Waals surface area contributed by atoms with Gasteiger partial charge in [-0.1, -0.05) is 5.16 Å². The van der Waals surface area contributed by atoms with Crippen LogP contribution in [-0.4, -0.2) is 18.6 Å². The van der Waals surface area contributed by atoms with Crippen LogP contribution < -0.4 is 5.14 Å². The molecule has 0 aliphatic heterocycles. The Bertz CT molecular complexity index is 1020. The second kappa shape index (κ2) is 5.72. The minimum atomic E-state index is -4.52. The van der Waals surface area contributed by atoms with Gasteiger partial charge in [-0.05, 0) is 31.5 Å². The van der Waals surface area contributed by atoms with E-state index in [0.717, 1.165) is 17.8 Å². The second-order valence-electron chi connectivity index (χ2n) is 5.07. The van der Waals surface area contributed by atoms with Gasteiger partial charge in [0.15, 0.2) is 10.6 Å². The summed E-state index contributed by atoms with van der Waals surface area (Å²) in [6, 6.07) is 1.76. The van der Waals surface area contributed by atoms with Crippen molar-refractivity contribution in [1.29, 1.82) is 0 Å². The molecule has 0 atom stereocenters. The zero-order valence-corrected chi connectivity index (χ0v) is 14.1. The van der Waals surface area contributed by atoms with E-state index < -0.39 is 26.6 Å². The van der Waals surface area contributed by atoms with Gasteiger partial charge in [0.05, 0.1) is 5.56 Å². The number of primary sulfonamides is 1. The molecule has 0 saturated carbocycles. The normalized spacial score (nSPS) is 11.9. The van der Waals surface area contributed by atoms with Crippen LogP contribution in [-0.2, 0) is 10.0 Å². The highest BCUT2D eigenvalue weighted by atomic mass is 32.2. The van der Waals surface area contributed by atoms with Crippen molar-refractivity contribution in [2.24, 2.45) is 5.14 Å². The molecule has 0 radical (unpaired) electrons. The second-order valence-corrected chi connectivity index (χ2v) is 7.43. The Labute approximate surface area is 140 Å². The standard InChI is InChI=1S/C14H11F2N3O3S2/c1-6-5-23-14(18-6)12-11(7(2)22-19-12)8-3-9(15)13(10(16)4-8)24(17,20)21/h3-5H,1-2H3,(H2,17,20,21). The third kappa shape index (κ3) is 2.83. The Hall–Kier alpha value is -2.17. The summed E-state index contributed by atoms with van der Waals surface area (Å²) in [6.07, 6.45) is 0. The van der Waals surface area contributed by atoms with Crippen molar-refractivity contribution >= 4 is 21.4 Å². The highest BCUT2D eigenvalue weighted by Crippen LogP contribution is 2.37. The maximum absolute atomic E-state index is 14.1. The average Bonchev–Trinajstić information content (AvgIpc) is 3.02. The van der Waals surface area contributed by atoms with E-state index in [1.807, 2.05) is 0 Å². The molecule has 3 rings (SSSR count). The molecular weight excluding hydrogens is 360 g/mol. The fraction of sp³-hybridized carbons (Fsp3) is 0.143. The lowest BCUT2D eigenvalue weighted by Crippen LogP contribution is -2.16. The molecule has 2 N–H and O–H groups in total. The zero-order valence-electron chi connectivity index (χ0n) is 12.5. The summed E-state index contributed by atoms with van der Waals surface area (Å²) in [4.78, 5) is 3.10. The van der Waals surface area contributed by atoms with E-state index in [1.54, 1.807) is 19.2 Å². The lowest BCUT2D eigenvalue weighted by atomic mass is 10.0. The summed E-state index contributed by atoms with van der Waals surface area (Å²) in [6.45, 7) is 3.38. The summed E-state index contributed by atoms with van der Waals surface area (Å²) >= 11 is 1.30. The van der Waals surface area contributed by atoms with Gasteiger partial charge in [0.1, 0.15) is 22.4 Å². The van der Waals surface area contributed by atoms with Crippen LogP contribution >= 0.6 is 11.3 Å². The Morgan fingerprint density at radius 2 is 1.83 bits per heavy atom. The smallest absolute Gasteiger partial charge is 0.243 e. The van der Waals surface area contributed by atoms with Gasteiger partial charge in [0.25, 0.3) is 0 Å². The third-order valence-corrected chi connectivity index (χ3v) is 5.18. The third-order valence-electron chi connectivity index (χ3n) is 3.26. The predicted molar refractivity (Wildman–Crippen MR) is 83.8 cm³/mol. The first-order chi connectivity index (χ1) is 11.2. The molecule has 10 heteroatoms. The Morgan fingerprint density at radius 1 is 1.21 bits per heavy atom. The van der Waals surface area contributed by atoms with Crippen molar-refractivity contribution in [2.45, 2.75) is 18.7 Å². The van der Waals surface area contributed by atoms with Gasteiger partial charge in [-0.3, -0.25) is 0 Å². The Morgan fingerprint density at radius 3 is 2.33 bits per heavy atom. The number of nitrogens with zero attached hydrogens (tertiary/aromatic N) is 2. The molecular formula is C14H11F2N3O3S2. The minimum absolute atomic E-state index is 0.0824. The zero-order chi connectivity index (χ0) is 17.6. The molecule has 0 amide bonds. The molecule has 0 fully saturated rings. The van der Waals surface area contributed by atoms with Crippen molar-refractivity contribution in [3.05, 3.63) is 40.6 Å². The van der Waals surface area contributed by atoms with Crippen LogP contribution in [0.5, 0.6) is 0 Å². The number of benzene rings is 1. The van der Waals surface area contributed by atoms with Gasteiger partial charge in [0.2, 0.25) is 10.0 Å². The fourth-order valence-corrected chi connectivity index (χ4v) is 3.74. The van der Waals surface area contributed by atoms with Crippen molar-refractivity contribution in [1.82, 2.24) is 10.1 Å². The van der Waals surface area contributed by atoms with E-state index in [4.69, 9.17) is 9.66 Å². The van der Waals surface area contributed by atoms with Crippen LogP contribution in [0.2, 0.25) is 0 Å². The molecule has 24 heavy (non-hydrogen) atoms. The molecule has 0 unspecified atom stereocenters. The van der Waals surface area contributed by atoms with E-state index >= 15 is 0 Å². The summed E-state index contributed by atoms with van der Waals surface area (Å²) < 4.78 is 55.9. The van der Waals surface area contributed by atoms with Crippen molar-refractivity contribution < 1.29 is 21.7 Å².